The van der Waals surface area contributed by atoms with E-state index in [1.165, 1.54) is 5.56 Å². The predicted molar refractivity (Wildman–Crippen MR) is 119 cm³/mol. The summed E-state index contributed by atoms with van der Waals surface area (Å²) in [5.74, 6) is 2.34. The van der Waals surface area contributed by atoms with Crippen LogP contribution in [0.25, 0.3) is 11.1 Å². The van der Waals surface area contributed by atoms with E-state index < -0.39 is 0 Å². The highest BCUT2D eigenvalue weighted by atomic mass is 32.2. The van der Waals surface area contributed by atoms with Crippen LogP contribution in [-0.2, 0) is 10.5 Å². The van der Waals surface area contributed by atoms with E-state index in [4.69, 9.17) is 4.42 Å². The molecule has 0 saturated carbocycles. The van der Waals surface area contributed by atoms with E-state index in [0.717, 1.165) is 42.1 Å². The van der Waals surface area contributed by atoms with Crippen molar-refractivity contribution in [3.05, 3.63) is 66.1 Å². The van der Waals surface area contributed by atoms with E-state index in [2.05, 4.69) is 43.1 Å². The number of carbonyl (C=O) groups excluding carboxylic acids is 1. The maximum atomic E-state index is 13.4. The molecule has 4 rings (SSSR count). The lowest BCUT2D eigenvalue weighted by molar-refractivity contribution is -0.132. The molecule has 2 atom stereocenters. The van der Waals surface area contributed by atoms with E-state index in [1.807, 2.05) is 35.2 Å². The number of oxazole rings is 1. The molecular weight excluding hydrogens is 380 g/mol. The Balaban J connectivity index is 1.44. The molecule has 0 aliphatic carbocycles. The number of benzene rings is 2. The summed E-state index contributed by atoms with van der Waals surface area (Å²) in [5, 5.41) is -0.0300. The number of rotatable bonds is 6. The zero-order chi connectivity index (χ0) is 20.2. The zero-order valence-corrected chi connectivity index (χ0v) is 17.9. The van der Waals surface area contributed by atoms with Crippen molar-refractivity contribution < 1.29 is 9.21 Å². The number of nitrogens with zero attached hydrogens (tertiary/aromatic N) is 2. The average Bonchev–Trinajstić information content (AvgIpc) is 3.19. The van der Waals surface area contributed by atoms with Gasteiger partial charge in [0, 0.05) is 18.8 Å². The summed E-state index contributed by atoms with van der Waals surface area (Å²) in [4.78, 5) is 20.1. The van der Waals surface area contributed by atoms with Crippen LogP contribution in [0.5, 0.6) is 0 Å². The van der Waals surface area contributed by atoms with Crippen LogP contribution in [0.3, 0.4) is 0 Å². The number of aromatic nitrogens is 1. The largest absolute Gasteiger partial charge is 0.440 e. The predicted octanol–water partition coefficient (Wildman–Crippen LogP) is 5.49. The lowest BCUT2D eigenvalue weighted by Gasteiger charge is -2.34. The molecule has 152 valence electrons. The smallest absolute Gasteiger partial charge is 0.235 e. The van der Waals surface area contributed by atoms with E-state index in [-0.39, 0.29) is 17.1 Å². The van der Waals surface area contributed by atoms with E-state index >= 15 is 0 Å². The molecule has 2 aromatic carbocycles. The topological polar surface area (TPSA) is 46.3 Å². The van der Waals surface area contributed by atoms with Gasteiger partial charge in [-0.1, -0.05) is 56.3 Å². The monoisotopic (exact) mass is 408 g/mol. The number of fused-ring (bicyclic) bond motifs is 1. The number of thioether (sulfide) groups is 1. The number of likely N-dealkylation sites (tertiary alicyclic amines) is 1. The van der Waals surface area contributed by atoms with Crippen LogP contribution < -0.4 is 0 Å². The van der Waals surface area contributed by atoms with Crippen molar-refractivity contribution in [3.8, 4) is 0 Å². The molecule has 0 N–H and O–H groups in total. The maximum Gasteiger partial charge on any atom is 0.235 e. The van der Waals surface area contributed by atoms with Crippen molar-refractivity contribution in [1.82, 2.24) is 9.88 Å². The van der Waals surface area contributed by atoms with Crippen molar-refractivity contribution in [2.45, 2.75) is 43.6 Å². The van der Waals surface area contributed by atoms with Gasteiger partial charge in [-0.05, 0) is 36.5 Å². The summed E-state index contributed by atoms with van der Waals surface area (Å²) in [6.07, 6.45) is 2.00. The lowest BCUT2D eigenvalue weighted by atomic mass is 9.97. The maximum absolute atomic E-state index is 13.4. The standard InChI is InChI=1S/C24H28N2O2S/c1-17(2)22(29-16-18-9-4-3-5-10-18)24(27)26-14-8-11-19(15-26)23-25-20-12-6-7-13-21(20)28-23/h3-7,9-10,12-13,17,19,22H,8,11,14-16H2,1-2H3. The highest BCUT2D eigenvalue weighted by molar-refractivity contribution is 7.99. The van der Waals surface area contributed by atoms with Gasteiger partial charge in [-0.3, -0.25) is 4.79 Å². The van der Waals surface area contributed by atoms with Gasteiger partial charge in [-0.2, -0.15) is 0 Å². The first-order chi connectivity index (χ1) is 14.1. The normalized spacial score (nSPS) is 18.3. The number of piperidine rings is 1. The third-order valence-corrected chi connectivity index (χ3v) is 7.12. The third kappa shape index (κ3) is 4.67. The minimum atomic E-state index is -0.0300. The van der Waals surface area contributed by atoms with Crippen LogP contribution >= 0.6 is 11.8 Å². The summed E-state index contributed by atoms with van der Waals surface area (Å²) >= 11 is 1.76. The van der Waals surface area contributed by atoms with E-state index in [1.54, 1.807) is 11.8 Å². The summed E-state index contributed by atoms with van der Waals surface area (Å²) in [7, 11) is 0. The van der Waals surface area contributed by atoms with Crippen molar-refractivity contribution in [2.75, 3.05) is 13.1 Å². The first-order valence-corrected chi connectivity index (χ1v) is 11.5. The summed E-state index contributed by atoms with van der Waals surface area (Å²) in [6, 6.07) is 18.2. The Hall–Kier alpha value is -2.27. The first kappa shape index (κ1) is 20.0. The summed E-state index contributed by atoms with van der Waals surface area (Å²) < 4.78 is 5.99. The van der Waals surface area contributed by atoms with Crippen LogP contribution in [0, 0.1) is 5.92 Å². The van der Waals surface area contributed by atoms with Crippen molar-refractivity contribution in [3.63, 3.8) is 0 Å². The number of para-hydroxylation sites is 2. The van der Waals surface area contributed by atoms with Gasteiger partial charge in [0.05, 0.1) is 11.2 Å². The molecule has 1 aliphatic heterocycles. The third-order valence-electron chi connectivity index (χ3n) is 5.51. The van der Waals surface area contributed by atoms with Crippen molar-refractivity contribution >= 4 is 28.8 Å². The minimum absolute atomic E-state index is 0.0300. The number of hydrogen-bond acceptors (Lipinski definition) is 4. The van der Waals surface area contributed by atoms with Gasteiger partial charge >= 0.3 is 0 Å². The molecule has 0 spiro atoms. The minimum Gasteiger partial charge on any atom is -0.440 e. The second kappa shape index (κ2) is 9.04. The molecule has 5 heteroatoms. The second-order valence-corrected chi connectivity index (χ2v) is 9.23. The lowest BCUT2D eigenvalue weighted by Crippen LogP contribution is -2.45. The number of amides is 1. The SMILES string of the molecule is CC(C)C(SCc1ccccc1)C(=O)N1CCCC(c2nc3ccccc3o2)C1. The Morgan fingerprint density at radius 1 is 1.17 bits per heavy atom. The van der Waals surface area contributed by atoms with Crippen molar-refractivity contribution in [1.29, 1.82) is 0 Å². The molecule has 1 fully saturated rings. The van der Waals surface area contributed by atoms with Gasteiger partial charge in [-0.25, -0.2) is 4.98 Å². The molecule has 0 radical (unpaired) electrons. The highest BCUT2D eigenvalue weighted by Crippen LogP contribution is 2.32. The Labute approximate surface area is 176 Å². The Bertz CT molecular complexity index is 921. The summed E-state index contributed by atoms with van der Waals surface area (Å²) in [6.45, 7) is 5.80. The quantitative estimate of drug-likeness (QED) is 0.541. The first-order valence-electron chi connectivity index (χ1n) is 10.4. The fourth-order valence-corrected chi connectivity index (χ4v) is 5.17. The molecule has 1 aliphatic rings. The van der Waals surface area contributed by atoms with Crippen molar-refractivity contribution in [2.24, 2.45) is 5.92 Å². The van der Waals surface area contributed by atoms with Gasteiger partial charge in [0.2, 0.25) is 5.91 Å². The average molecular weight is 409 g/mol. The zero-order valence-electron chi connectivity index (χ0n) is 17.1. The van der Waals surface area contributed by atoms with Crippen LogP contribution in [-0.4, -0.2) is 34.1 Å². The molecule has 1 amide bonds. The number of hydrogen-bond donors (Lipinski definition) is 0. The van der Waals surface area contributed by atoms with Crippen LogP contribution in [0.4, 0.5) is 0 Å². The Kier molecular flexibility index (Phi) is 6.24. The van der Waals surface area contributed by atoms with E-state index in [0.29, 0.717) is 12.5 Å². The molecule has 3 aromatic rings. The van der Waals surface area contributed by atoms with Crippen LogP contribution in [0.1, 0.15) is 44.1 Å². The fraction of sp³-hybridized carbons (Fsp3) is 0.417. The molecule has 1 aromatic heterocycles. The molecular formula is C24H28N2O2S. The van der Waals surface area contributed by atoms with Gasteiger partial charge < -0.3 is 9.32 Å². The molecule has 4 nitrogen and oxygen atoms in total. The Morgan fingerprint density at radius 2 is 1.93 bits per heavy atom. The van der Waals surface area contributed by atoms with Gasteiger partial charge in [-0.15, -0.1) is 11.8 Å². The Morgan fingerprint density at radius 3 is 2.69 bits per heavy atom. The van der Waals surface area contributed by atoms with Gasteiger partial charge in [0.1, 0.15) is 5.52 Å². The van der Waals surface area contributed by atoms with Gasteiger partial charge in [0.25, 0.3) is 0 Å². The van der Waals surface area contributed by atoms with Crippen LogP contribution in [0.15, 0.2) is 59.0 Å². The fourth-order valence-electron chi connectivity index (χ4n) is 3.93. The molecule has 1 saturated heterocycles. The number of carbonyl (C=O) groups is 1. The molecule has 29 heavy (non-hydrogen) atoms. The second-order valence-electron chi connectivity index (χ2n) is 8.10. The van der Waals surface area contributed by atoms with Crippen LogP contribution in [0.2, 0.25) is 0 Å². The van der Waals surface area contributed by atoms with Gasteiger partial charge in [0.15, 0.2) is 11.5 Å². The molecule has 0 bridgehead atoms. The summed E-state index contributed by atoms with van der Waals surface area (Å²) in [5.41, 5.74) is 2.98. The van der Waals surface area contributed by atoms with E-state index in [9.17, 15) is 4.79 Å². The highest BCUT2D eigenvalue weighted by Gasteiger charge is 2.33. The molecule has 2 heterocycles. The molecule has 2 unspecified atom stereocenters.